The number of amides is 1. The molecule has 1 saturated heterocycles. The summed E-state index contributed by atoms with van der Waals surface area (Å²) in [5.74, 6) is 0.977. The highest BCUT2D eigenvalue weighted by molar-refractivity contribution is 9.11. The zero-order valence-corrected chi connectivity index (χ0v) is 14.4. The molecule has 0 aliphatic carbocycles. The van der Waals surface area contributed by atoms with Crippen LogP contribution in [-0.2, 0) is 11.3 Å². The SMILES string of the molecule is CCN(Cc1ccc(Br)s1)C(=O)CCC1CCCNC1. The maximum atomic E-state index is 12.3. The Balaban J connectivity index is 1.79. The smallest absolute Gasteiger partial charge is 0.222 e. The highest BCUT2D eigenvalue weighted by atomic mass is 79.9. The van der Waals surface area contributed by atoms with Gasteiger partial charge in [-0.1, -0.05) is 0 Å². The van der Waals surface area contributed by atoms with Crippen LogP contribution in [0.4, 0.5) is 0 Å². The number of carbonyl (C=O) groups is 1. The first kappa shape index (κ1) is 16.0. The van der Waals surface area contributed by atoms with Crippen LogP contribution in [0.3, 0.4) is 0 Å². The van der Waals surface area contributed by atoms with E-state index in [1.54, 1.807) is 11.3 Å². The number of hydrogen-bond donors (Lipinski definition) is 1. The minimum Gasteiger partial charge on any atom is -0.338 e. The maximum absolute atomic E-state index is 12.3. The molecule has 1 aliphatic rings. The number of hydrogen-bond acceptors (Lipinski definition) is 3. The zero-order valence-electron chi connectivity index (χ0n) is 12.0. The first-order valence-electron chi connectivity index (χ1n) is 7.41. The molecule has 2 rings (SSSR count). The van der Waals surface area contributed by atoms with Gasteiger partial charge in [-0.3, -0.25) is 4.79 Å². The summed E-state index contributed by atoms with van der Waals surface area (Å²) >= 11 is 5.18. The predicted octanol–water partition coefficient (Wildman–Crippen LogP) is 3.64. The number of halogens is 1. The van der Waals surface area contributed by atoms with Gasteiger partial charge in [0, 0.05) is 17.8 Å². The summed E-state index contributed by atoms with van der Waals surface area (Å²) in [6, 6.07) is 4.14. The van der Waals surface area contributed by atoms with Gasteiger partial charge in [-0.05, 0) is 73.3 Å². The van der Waals surface area contributed by atoms with E-state index >= 15 is 0 Å². The number of piperidine rings is 1. The third-order valence-corrected chi connectivity index (χ3v) is 5.48. The van der Waals surface area contributed by atoms with Gasteiger partial charge < -0.3 is 10.2 Å². The van der Waals surface area contributed by atoms with Crippen molar-refractivity contribution in [1.29, 1.82) is 0 Å². The van der Waals surface area contributed by atoms with Gasteiger partial charge in [0.05, 0.1) is 10.3 Å². The molecule has 3 nitrogen and oxygen atoms in total. The molecule has 2 heterocycles. The topological polar surface area (TPSA) is 32.3 Å². The summed E-state index contributed by atoms with van der Waals surface area (Å²) in [7, 11) is 0. The molecule has 1 aromatic heterocycles. The van der Waals surface area contributed by atoms with Crippen LogP contribution in [0.25, 0.3) is 0 Å². The molecule has 1 atom stereocenters. The van der Waals surface area contributed by atoms with Crippen LogP contribution in [0, 0.1) is 5.92 Å². The number of carbonyl (C=O) groups excluding carboxylic acids is 1. The minimum absolute atomic E-state index is 0.294. The molecule has 20 heavy (non-hydrogen) atoms. The third-order valence-electron chi connectivity index (χ3n) is 3.88. The second kappa shape index (κ2) is 8.15. The molecule has 5 heteroatoms. The van der Waals surface area contributed by atoms with E-state index in [0.29, 0.717) is 18.2 Å². The molecule has 1 aromatic rings. The van der Waals surface area contributed by atoms with Crippen molar-refractivity contribution in [2.24, 2.45) is 5.92 Å². The van der Waals surface area contributed by atoms with Crippen LogP contribution < -0.4 is 5.32 Å². The van der Waals surface area contributed by atoms with E-state index in [4.69, 9.17) is 0 Å². The molecule has 112 valence electrons. The van der Waals surface area contributed by atoms with Gasteiger partial charge in [0.2, 0.25) is 5.91 Å². The average molecular weight is 359 g/mol. The Morgan fingerprint density at radius 1 is 1.55 bits per heavy atom. The Hall–Kier alpha value is -0.390. The Labute approximate surface area is 133 Å². The monoisotopic (exact) mass is 358 g/mol. The normalized spacial score (nSPS) is 19.0. The Morgan fingerprint density at radius 3 is 3.00 bits per heavy atom. The average Bonchev–Trinajstić information content (AvgIpc) is 2.88. The van der Waals surface area contributed by atoms with Crippen LogP contribution in [0.5, 0.6) is 0 Å². The van der Waals surface area contributed by atoms with Gasteiger partial charge in [0.25, 0.3) is 0 Å². The standard InChI is InChI=1S/C15H23BrN2OS/c1-2-18(11-13-6-7-14(16)20-13)15(19)8-5-12-4-3-9-17-10-12/h6-7,12,17H,2-5,8-11H2,1H3. The van der Waals surface area contributed by atoms with Crippen molar-refractivity contribution in [3.05, 3.63) is 20.8 Å². The van der Waals surface area contributed by atoms with Gasteiger partial charge in [0.1, 0.15) is 0 Å². The van der Waals surface area contributed by atoms with Crippen molar-refractivity contribution in [3.8, 4) is 0 Å². The van der Waals surface area contributed by atoms with E-state index in [-0.39, 0.29) is 0 Å². The quantitative estimate of drug-likeness (QED) is 0.841. The van der Waals surface area contributed by atoms with Gasteiger partial charge in [-0.15, -0.1) is 11.3 Å². The highest BCUT2D eigenvalue weighted by Gasteiger charge is 2.17. The molecule has 1 unspecified atom stereocenters. The Kier molecular flexibility index (Phi) is 6.52. The number of thiophene rings is 1. The van der Waals surface area contributed by atoms with Crippen molar-refractivity contribution >= 4 is 33.2 Å². The van der Waals surface area contributed by atoms with Crippen molar-refractivity contribution in [3.63, 3.8) is 0 Å². The molecule has 0 aromatic carbocycles. The lowest BCUT2D eigenvalue weighted by Gasteiger charge is -2.24. The van der Waals surface area contributed by atoms with E-state index in [0.717, 1.165) is 36.4 Å². The fourth-order valence-electron chi connectivity index (χ4n) is 2.66. The van der Waals surface area contributed by atoms with Crippen molar-refractivity contribution in [2.45, 2.75) is 39.2 Å². The molecule has 1 amide bonds. The summed E-state index contributed by atoms with van der Waals surface area (Å²) in [5.41, 5.74) is 0. The van der Waals surface area contributed by atoms with E-state index in [1.165, 1.54) is 17.7 Å². The van der Waals surface area contributed by atoms with E-state index in [1.807, 2.05) is 11.0 Å². The summed E-state index contributed by atoms with van der Waals surface area (Å²) in [5, 5.41) is 3.42. The molecule has 0 spiro atoms. The van der Waals surface area contributed by atoms with Crippen molar-refractivity contribution in [2.75, 3.05) is 19.6 Å². The lowest BCUT2D eigenvalue weighted by atomic mass is 9.94. The first-order valence-corrected chi connectivity index (χ1v) is 9.02. The predicted molar refractivity (Wildman–Crippen MR) is 87.9 cm³/mol. The van der Waals surface area contributed by atoms with Crippen LogP contribution in [0.15, 0.2) is 15.9 Å². The first-order chi connectivity index (χ1) is 9.69. The molecular formula is C15H23BrN2OS. The lowest BCUT2D eigenvalue weighted by molar-refractivity contribution is -0.131. The summed E-state index contributed by atoms with van der Waals surface area (Å²) in [6.07, 6.45) is 4.23. The molecule has 0 bridgehead atoms. The third kappa shape index (κ3) is 4.86. The van der Waals surface area contributed by atoms with Crippen molar-refractivity contribution in [1.82, 2.24) is 10.2 Å². The second-order valence-electron chi connectivity index (χ2n) is 5.36. The molecule has 1 N–H and O–H groups in total. The second-order valence-corrected chi connectivity index (χ2v) is 7.91. The van der Waals surface area contributed by atoms with Gasteiger partial charge in [-0.25, -0.2) is 0 Å². The van der Waals surface area contributed by atoms with Gasteiger partial charge in [-0.2, -0.15) is 0 Å². The van der Waals surface area contributed by atoms with Gasteiger partial charge >= 0.3 is 0 Å². The zero-order chi connectivity index (χ0) is 14.4. The lowest BCUT2D eigenvalue weighted by Crippen LogP contribution is -2.33. The molecular weight excluding hydrogens is 336 g/mol. The number of nitrogens with one attached hydrogen (secondary N) is 1. The number of rotatable bonds is 6. The van der Waals surface area contributed by atoms with Gasteiger partial charge in [0.15, 0.2) is 0 Å². The molecule has 0 saturated carbocycles. The van der Waals surface area contributed by atoms with Crippen LogP contribution in [0.1, 0.15) is 37.5 Å². The van der Waals surface area contributed by atoms with E-state index in [2.05, 4.69) is 34.2 Å². The molecule has 1 fully saturated rings. The van der Waals surface area contributed by atoms with Crippen LogP contribution in [0.2, 0.25) is 0 Å². The Bertz CT molecular complexity index is 429. The fraction of sp³-hybridized carbons (Fsp3) is 0.667. The van der Waals surface area contributed by atoms with Crippen molar-refractivity contribution < 1.29 is 4.79 Å². The Morgan fingerprint density at radius 2 is 2.40 bits per heavy atom. The van der Waals surface area contributed by atoms with E-state index in [9.17, 15) is 4.79 Å². The molecule has 1 aliphatic heterocycles. The molecule has 0 radical (unpaired) electrons. The van der Waals surface area contributed by atoms with Crippen LogP contribution >= 0.6 is 27.3 Å². The summed E-state index contributed by atoms with van der Waals surface area (Å²) in [4.78, 5) is 15.5. The summed E-state index contributed by atoms with van der Waals surface area (Å²) < 4.78 is 1.13. The maximum Gasteiger partial charge on any atom is 0.222 e. The summed E-state index contributed by atoms with van der Waals surface area (Å²) in [6.45, 7) is 5.81. The fourth-order valence-corrected chi connectivity index (χ4v) is 4.16. The van der Waals surface area contributed by atoms with Crippen LogP contribution in [-0.4, -0.2) is 30.4 Å². The largest absolute Gasteiger partial charge is 0.338 e. The van der Waals surface area contributed by atoms with E-state index < -0.39 is 0 Å². The highest BCUT2D eigenvalue weighted by Crippen LogP contribution is 2.24. The minimum atomic E-state index is 0.294. The number of nitrogens with zero attached hydrogens (tertiary/aromatic N) is 1.